The molecule has 0 bridgehead atoms. The first-order valence-corrected chi connectivity index (χ1v) is 5.82. The topological polar surface area (TPSA) is 73.9 Å². The lowest BCUT2D eigenvalue weighted by molar-refractivity contribution is -0.187. The molecule has 0 spiro atoms. The van der Waals surface area contributed by atoms with E-state index in [2.05, 4.69) is 9.05 Å². The van der Waals surface area contributed by atoms with Crippen molar-refractivity contribution < 1.29 is 28.0 Å². The van der Waals surface area contributed by atoms with E-state index in [1.807, 2.05) is 0 Å². The van der Waals surface area contributed by atoms with Crippen LogP contribution in [0.2, 0.25) is 0 Å². The summed E-state index contributed by atoms with van der Waals surface area (Å²) in [7, 11) is -1.80. The van der Waals surface area contributed by atoms with E-state index in [1.54, 1.807) is 0 Å². The molecule has 0 saturated heterocycles. The van der Waals surface area contributed by atoms with Crippen molar-refractivity contribution in [2.24, 2.45) is 0 Å². The van der Waals surface area contributed by atoms with Crippen molar-refractivity contribution in [2.45, 2.75) is 39.3 Å². The standard InChI is InChI=1S/C8H18O6P/c1-7(2,11-5)13-15(9,10)14-8(3,4)12-6/h1-6H3. The molecule has 0 aliphatic heterocycles. The van der Waals surface area contributed by atoms with Crippen LogP contribution in [0.4, 0.5) is 0 Å². The molecule has 0 aromatic rings. The molecule has 0 N–H and O–H groups in total. The average Bonchev–Trinajstić information content (AvgIpc) is 2.00. The first kappa shape index (κ1) is 15.0. The third kappa shape index (κ3) is 6.25. The van der Waals surface area contributed by atoms with Crippen LogP contribution in [0.25, 0.3) is 0 Å². The van der Waals surface area contributed by atoms with Gasteiger partial charge < -0.3 is 9.47 Å². The molecule has 0 aromatic heterocycles. The SMILES string of the molecule is COC(C)(C)OP([O])(=O)OC(C)(C)OC. The molecule has 0 saturated carbocycles. The molecule has 0 fully saturated rings. The summed E-state index contributed by atoms with van der Waals surface area (Å²) >= 11 is 0. The van der Waals surface area contributed by atoms with Gasteiger partial charge in [0.25, 0.3) is 0 Å². The first-order valence-electron chi connectivity index (χ1n) is 4.36. The summed E-state index contributed by atoms with van der Waals surface area (Å²) in [4.78, 5) is 11.4. The van der Waals surface area contributed by atoms with E-state index in [-0.39, 0.29) is 0 Å². The van der Waals surface area contributed by atoms with E-state index < -0.39 is 19.4 Å². The highest BCUT2D eigenvalue weighted by molar-refractivity contribution is 7.47. The van der Waals surface area contributed by atoms with Crippen molar-refractivity contribution in [1.29, 1.82) is 0 Å². The molecule has 6 nitrogen and oxygen atoms in total. The summed E-state index contributed by atoms with van der Waals surface area (Å²) in [6, 6.07) is 0. The molecule has 0 aromatic carbocycles. The fourth-order valence-electron chi connectivity index (χ4n) is 0.632. The van der Waals surface area contributed by atoms with E-state index in [1.165, 1.54) is 41.9 Å². The summed E-state index contributed by atoms with van der Waals surface area (Å²) in [5.74, 6) is -2.53. The van der Waals surface area contributed by atoms with Gasteiger partial charge in [0.15, 0.2) is 11.6 Å². The van der Waals surface area contributed by atoms with Crippen LogP contribution in [0.15, 0.2) is 0 Å². The molecule has 15 heavy (non-hydrogen) atoms. The number of ether oxygens (including phenoxy) is 2. The third-order valence-corrected chi connectivity index (χ3v) is 2.97. The van der Waals surface area contributed by atoms with Crippen molar-refractivity contribution in [3.05, 3.63) is 0 Å². The van der Waals surface area contributed by atoms with Crippen molar-refractivity contribution in [3.63, 3.8) is 0 Å². The van der Waals surface area contributed by atoms with E-state index >= 15 is 0 Å². The van der Waals surface area contributed by atoms with E-state index in [0.29, 0.717) is 0 Å². The van der Waals surface area contributed by atoms with Gasteiger partial charge in [-0.05, 0) is 27.7 Å². The molecule has 1 radical (unpaired) electrons. The van der Waals surface area contributed by atoms with Crippen molar-refractivity contribution >= 4 is 7.82 Å². The molecule has 0 atom stereocenters. The van der Waals surface area contributed by atoms with Crippen LogP contribution >= 0.6 is 7.82 Å². The molecule has 91 valence electrons. The third-order valence-electron chi connectivity index (χ3n) is 1.65. The Labute approximate surface area is 90.1 Å². The normalized spacial score (nSPS) is 14.3. The lowest BCUT2D eigenvalue weighted by Crippen LogP contribution is -2.30. The predicted molar refractivity (Wildman–Crippen MR) is 52.6 cm³/mol. The van der Waals surface area contributed by atoms with Gasteiger partial charge in [-0.25, -0.2) is 4.57 Å². The minimum atomic E-state index is -4.47. The Balaban J connectivity index is 4.51. The summed E-state index contributed by atoms with van der Waals surface area (Å²) < 4.78 is 30.4. The zero-order valence-electron chi connectivity index (χ0n) is 9.90. The van der Waals surface area contributed by atoms with Crippen molar-refractivity contribution in [3.8, 4) is 0 Å². The van der Waals surface area contributed by atoms with Crippen LogP contribution in [0.3, 0.4) is 0 Å². The van der Waals surface area contributed by atoms with Crippen LogP contribution in [0.1, 0.15) is 27.7 Å². The van der Waals surface area contributed by atoms with Crippen LogP contribution in [0, 0.1) is 0 Å². The van der Waals surface area contributed by atoms with E-state index in [0.717, 1.165) is 0 Å². The number of rotatable bonds is 6. The Kier molecular flexibility index (Phi) is 4.92. The Hall–Kier alpha value is 0.0300. The Morgan fingerprint density at radius 2 is 1.13 bits per heavy atom. The van der Waals surface area contributed by atoms with E-state index in [4.69, 9.17) is 9.47 Å². The highest BCUT2D eigenvalue weighted by Gasteiger charge is 2.39. The van der Waals surface area contributed by atoms with Gasteiger partial charge in [0.1, 0.15) is 0 Å². The number of methoxy groups -OCH3 is 2. The molecular weight excluding hydrogens is 223 g/mol. The molecule has 0 unspecified atom stereocenters. The van der Waals surface area contributed by atoms with Gasteiger partial charge >= 0.3 is 7.82 Å². The Morgan fingerprint density at radius 3 is 1.33 bits per heavy atom. The average molecular weight is 241 g/mol. The van der Waals surface area contributed by atoms with Gasteiger partial charge in [0.05, 0.1) is 0 Å². The molecule has 7 heteroatoms. The van der Waals surface area contributed by atoms with Gasteiger partial charge in [0.2, 0.25) is 0 Å². The first-order chi connectivity index (χ1) is 6.54. The second-order valence-corrected chi connectivity index (χ2v) is 5.10. The minimum Gasteiger partial charge on any atom is -0.353 e. The minimum absolute atomic E-state index is 1.26. The monoisotopic (exact) mass is 241 g/mol. The molecule has 0 heterocycles. The predicted octanol–water partition coefficient (Wildman–Crippen LogP) is 2.32. The maximum atomic E-state index is 11.4. The number of hydrogen-bond acceptors (Lipinski definition) is 5. The molecule has 0 amide bonds. The van der Waals surface area contributed by atoms with Crippen molar-refractivity contribution in [2.75, 3.05) is 14.2 Å². The van der Waals surface area contributed by atoms with Gasteiger partial charge in [-0.15, -0.1) is 4.89 Å². The quantitative estimate of drug-likeness (QED) is 0.527. The molecular formula is C8H18O6P. The fourth-order valence-corrected chi connectivity index (χ4v) is 1.90. The lowest BCUT2D eigenvalue weighted by atomic mass is 10.4. The summed E-state index contributed by atoms with van der Waals surface area (Å²) in [6.07, 6.45) is 0. The summed E-state index contributed by atoms with van der Waals surface area (Å²) in [6.45, 7) is 5.84. The van der Waals surface area contributed by atoms with E-state index in [9.17, 15) is 9.46 Å². The van der Waals surface area contributed by atoms with Crippen molar-refractivity contribution in [1.82, 2.24) is 0 Å². The molecule has 0 rings (SSSR count). The fraction of sp³-hybridized carbons (Fsp3) is 1.00. The number of hydrogen-bond donors (Lipinski definition) is 0. The second kappa shape index (κ2) is 4.91. The molecule has 0 aliphatic carbocycles. The smallest absolute Gasteiger partial charge is 0.353 e. The summed E-state index contributed by atoms with van der Waals surface area (Å²) in [5, 5.41) is 0. The van der Waals surface area contributed by atoms with Crippen LogP contribution in [-0.2, 0) is 28.0 Å². The zero-order chi connectivity index (χ0) is 12.3. The van der Waals surface area contributed by atoms with Gasteiger partial charge in [0, 0.05) is 14.2 Å². The highest BCUT2D eigenvalue weighted by Crippen LogP contribution is 2.51. The Bertz CT molecular complexity index is 228. The second-order valence-electron chi connectivity index (χ2n) is 3.84. The van der Waals surface area contributed by atoms with Gasteiger partial charge in [-0.3, -0.25) is 9.05 Å². The Morgan fingerprint density at radius 1 is 0.867 bits per heavy atom. The molecule has 0 aliphatic rings. The van der Waals surface area contributed by atoms with Gasteiger partial charge in [-0.1, -0.05) is 0 Å². The van der Waals surface area contributed by atoms with Crippen LogP contribution in [0.5, 0.6) is 0 Å². The van der Waals surface area contributed by atoms with Gasteiger partial charge in [-0.2, -0.15) is 0 Å². The maximum Gasteiger partial charge on any atom is 0.507 e. The zero-order valence-corrected chi connectivity index (χ0v) is 10.8. The maximum absolute atomic E-state index is 11.4. The highest BCUT2D eigenvalue weighted by atomic mass is 31.2. The largest absolute Gasteiger partial charge is 0.507 e. The lowest BCUT2D eigenvalue weighted by Gasteiger charge is -2.29. The van der Waals surface area contributed by atoms with Crippen LogP contribution in [-0.4, -0.2) is 25.8 Å². The van der Waals surface area contributed by atoms with Crippen LogP contribution < -0.4 is 0 Å². The summed E-state index contributed by atoms with van der Waals surface area (Å²) in [5.41, 5.74) is 0.